The molecule has 0 saturated heterocycles. The van der Waals surface area contributed by atoms with Gasteiger partial charge in [-0.25, -0.2) is 0 Å². The monoisotopic (exact) mass is 218 g/mol. The van der Waals surface area contributed by atoms with Gasteiger partial charge in [-0.15, -0.1) is 0 Å². The van der Waals surface area contributed by atoms with Gasteiger partial charge in [-0.2, -0.15) is 0 Å². The van der Waals surface area contributed by atoms with Crippen LogP contribution in [0.5, 0.6) is 0 Å². The van der Waals surface area contributed by atoms with Crippen molar-refractivity contribution in [2.24, 2.45) is 5.41 Å². The van der Waals surface area contributed by atoms with Crippen LogP contribution in [-0.4, -0.2) is 36.4 Å². The van der Waals surface area contributed by atoms with E-state index in [4.69, 9.17) is 9.84 Å². The molecule has 0 aliphatic heterocycles. The molecule has 0 rings (SSSR count). The fourth-order valence-corrected chi connectivity index (χ4v) is 0.662. The first-order chi connectivity index (χ1) is 6.77. The number of hydrogen-bond acceptors (Lipinski definition) is 5. The van der Waals surface area contributed by atoms with Crippen LogP contribution in [-0.2, 0) is 19.1 Å². The molecule has 0 radical (unpaired) electrons. The molecular weight excluding hydrogens is 200 g/mol. The molecule has 0 heterocycles. The van der Waals surface area contributed by atoms with Gasteiger partial charge in [-0.3, -0.25) is 9.59 Å². The van der Waals surface area contributed by atoms with Gasteiger partial charge in [0.1, 0.15) is 6.61 Å². The fraction of sp³-hybridized carbons (Fsp3) is 0.800. The average molecular weight is 218 g/mol. The molecule has 15 heavy (non-hydrogen) atoms. The van der Waals surface area contributed by atoms with Crippen LogP contribution >= 0.6 is 0 Å². The lowest BCUT2D eigenvalue weighted by Crippen LogP contribution is -2.33. The Balaban J connectivity index is 4.10. The van der Waals surface area contributed by atoms with Crippen molar-refractivity contribution in [3.8, 4) is 0 Å². The average Bonchev–Trinajstić information content (AvgIpc) is 2.09. The van der Waals surface area contributed by atoms with Gasteiger partial charge in [0.2, 0.25) is 0 Å². The van der Waals surface area contributed by atoms with Crippen LogP contribution in [0, 0.1) is 5.41 Å². The first kappa shape index (κ1) is 13.9. The van der Waals surface area contributed by atoms with Crippen LogP contribution in [0.1, 0.15) is 27.7 Å². The molecule has 1 atom stereocenters. The lowest BCUT2D eigenvalue weighted by atomic mass is 9.97. The molecule has 0 spiro atoms. The van der Waals surface area contributed by atoms with Crippen LogP contribution in [0.2, 0.25) is 0 Å². The maximum atomic E-state index is 11.4. The maximum Gasteiger partial charge on any atom is 0.311 e. The van der Waals surface area contributed by atoms with Crippen LogP contribution < -0.4 is 0 Å². The zero-order chi connectivity index (χ0) is 12.1. The number of esters is 2. The molecule has 0 fully saturated rings. The molecule has 0 unspecified atom stereocenters. The van der Waals surface area contributed by atoms with E-state index < -0.39 is 23.5 Å². The van der Waals surface area contributed by atoms with Gasteiger partial charge in [-0.1, -0.05) is 0 Å². The minimum Gasteiger partial charge on any atom is -0.462 e. The summed E-state index contributed by atoms with van der Waals surface area (Å²) in [4.78, 5) is 21.9. The van der Waals surface area contributed by atoms with E-state index in [1.807, 2.05) is 0 Å². The van der Waals surface area contributed by atoms with Crippen LogP contribution in [0.3, 0.4) is 0 Å². The summed E-state index contributed by atoms with van der Waals surface area (Å²) in [6, 6.07) is 0. The second-order valence-electron chi connectivity index (χ2n) is 4.26. The van der Waals surface area contributed by atoms with E-state index in [0.717, 1.165) is 0 Å². The van der Waals surface area contributed by atoms with Crippen LogP contribution in [0.15, 0.2) is 0 Å². The number of hydrogen-bond donors (Lipinski definition) is 1. The molecule has 88 valence electrons. The van der Waals surface area contributed by atoms with E-state index in [1.54, 1.807) is 20.8 Å². The van der Waals surface area contributed by atoms with Crippen molar-refractivity contribution in [3.05, 3.63) is 0 Å². The lowest BCUT2D eigenvalue weighted by molar-refractivity contribution is -0.167. The van der Waals surface area contributed by atoms with E-state index in [2.05, 4.69) is 4.74 Å². The molecule has 0 aromatic rings. The summed E-state index contributed by atoms with van der Waals surface area (Å²) >= 11 is 0. The van der Waals surface area contributed by atoms with Gasteiger partial charge in [0.15, 0.2) is 6.10 Å². The first-order valence-electron chi connectivity index (χ1n) is 4.72. The highest BCUT2D eigenvalue weighted by Crippen LogP contribution is 2.16. The second kappa shape index (κ2) is 5.70. The Morgan fingerprint density at radius 2 is 1.87 bits per heavy atom. The summed E-state index contributed by atoms with van der Waals surface area (Å²) in [6.45, 7) is 5.88. The molecule has 0 amide bonds. The number of rotatable bonds is 4. The number of aliphatic hydroxyl groups is 1. The van der Waals surface area contributed by atoms with E-state index >= 15 is 0 Å². The maximum absolute atomic E-state index is 11.4. The third-order valence-corrected chi connectivity index (χ3v) is 1.56. The molecule has 1 N–H and O–H groups in total. The molecule has 5 heteroatoms. The van der Waals surface area contributed by atoms with Crippen LogP contribution in [0.4, 0.5) is 0 Å². The van der Waals surface area contributed by atoms with E-state index in [0.29, 0.717) is 0 Å². The zero-order valence-corrected chi connectivity index (χ0v) is 9.57. The van der Waals surface area contributed by atoms with Gasteiger partial charge in [0, 0.05) is 6.92 Å². The van der Waals surface area contributed by atoms with Crippen molar-refractivity contribution in [2.45, 2.75) is 33.8 Å². The van der Waals surface area contributed by atoms with Gasteiger partial charge >= 0.3 is 11.9 Å². The van der Waals surface area contributed by atoms with Gasteiger partial charge in [0.25, 0.3) is 0 Å². The number of carbonyl (C=O) groups is 2. The van der Waals surface area contributed by atoms with Crippen molar-refractivity contribution in [1.82, 2.24) is 0 Å². The van der Waals surface area contributed by atoms with Crippen LogP contribution in [0.25, 0.3) is 0 Å². The van der Waals surface area contributed by atoms with E-state index in [9.17, 15) is 9.59 Å². The van der Waals surface area contributed by atoms with Crippen molar-refractivity contribution in [3.63, 3.8) is 0 Å². The highest BCUT2D eigenvalue weighted by atomic mass is 16.6. The Hall–Kier alpha value is -1.10. The predicted octanol–water partition coefficient (Wildman–Crippen LogP) is 0.500. The molecule has 0 saturated carbocycles. The van der Waals surface area contributed by atoms with Gasteiger partial charge < -0.3 is 14.6 Å². The second-order valence-corrected chi connectivity index (χ2v) is 4.26. The largest absolute Gasteiger partial charge is 0.462 e. The lowest BCUT2D eigenvalue weighted by Gasteiger charge is -2.21. The highest BCUT2D eigenvalue weighted by Gasteiger charge is 2.26. The van der Waals surface area contributed by atoms with Crippen molar-refractivity contribution in [2.75, 3.05) is 13.2 Å². The third-order valence-electron chi connectivity index (χ3n) is 1.56. The third kappa shape index (κ3) is 6.06. The Kier molecular flexibility index (Phi) is 5.28. The van der Waals surface area contributed by atoms with Gasteiger partial charge in [-0.05, 0) is 20.8 Å². The Morgan fingerprint density at radius 1 is 1.33 bits per heavy atom. The minimum atomic E-state index is -0.791. The summed E-state index contributed by atoms with van der Waals surface area (Å²) in [5.74, 6) is -0.908. The van der Waals surface area contributed by atoms with Gasteiger partial charge in [0.05, 0.1) is 12.0 Å². The Labute approximate surface area is 89.4 Å². The summed E-state index contributed by atoms with van der Waals surface area (Å²) in [5, 5.41) is 8.89. The van der Waals surface area contributed by atoms with E-state index in [-0.39, 0.29) is 13.2 Å². The summed E-state index contributed by atoms with van der Waals surface area (Å²) in [7, 11) is 0. The predicted molar refractivity (Wildman–Crippen MR) is 53.1 cm³/mol. The molecule has 0 aromatic carbocycles. The summed E-state index contributed by atoms with van der Waals surface area (Å²) in [5.41, 5.74) is -0.635. The Morgan fingerprint density at radius 3 is 2.20 bits per heavy atom. The number of carbonyl (C=O) groups excluding carboxylic acids is 2. The molecule has 0 aromatic heterocycles. The SMILES string of the molecule is CC(=O)OC[C@@H](CO)OC(=O)C(C)(C)C. The normalized spacial score (nSPS) is 13.1. The first-order valence-corrected chi connectivity index (χ1v) is 4.72. The Bertz CT molecular complexity index is 228. The number of aliphatic hydroxyl groups excluding tert-OH is 1. The summed E-state index contributed by atoms with van der Waals surface area (Å²) < 4.78 is 9.58. The smallest absolute Gasteiger partial charge is 0.311 e. The molecule has 0 aliphatic carbocycles. The summed E-state index contributed by atoms with van der Waals surface area (Å²) in [6.07, 6.45) is -0.791. The zero-order valence-electron chi connectivity index (χ0n) is 9.57. The molecule has 0 bridgehead atoms. The van der Waals surface area contributed by atoms with Crippen molar-refractivity contribution >= 4 is 11.9 Å². The van der Waals surface area contributed by atoms with E-state index in [1.165, 1.54) is 6.92 Å². The number of ether oxygens (including phenoxy) is 2. The van der Waals surface area contributed by atoms with Crippen molar-refractivity contribution < 1.29 is 24.2 Å². The van der Waals surface area contributed by atoms with Crippen molar-refractivity contribution in [1.29, 1.82) is 0 Å². The fourth-order valence-electron chi connectivity index (χ4n) is 0.662. The quantitative estimate of drug-likeness (QED) is 0.695. The topological polar surface area (TPSA) is 72.8 Å². The molecular formula is C10H18O5. The molecule has 0 aliphatic rings. The minimum absolute atomic E-state index is 0.117. The highest BCUT2D eigenvalue weighted by molar-refractivity contribution is 5.75. The standard InChI is InChI=1S/C10H18O5/c1-7(12)14-6-8(5-11)15-9(13)10(2,3)4/h8,11H,5-6H2,1-4H3/t8-/m1/s1. The molecule has 5 nitrogen and oxygen atoms in total.